The Kier molecular flexibility index (Phi) is 2.34. The first-order valence-corrected chi connectivity index (χ1v) is 5.37. The van der Waals surface area contributed by atoms with Crippen molar-refractivity contribution >= 4 is 11.0 Å². The lowest BCUT2D eigenvalue weighted by Gasteiger charge is -2.08. The van der Waals surface area contributed by atoms with Crippen molar-refractivity contribution in [2.75, 3.05) is 0 Å². The number of hydrogen-bond donors (Lipinski definition) is 2. The number of nitrogens with one attached hydrogen (secondary N) is 1. The summed E-state index contributed by atoms with van der Waals surface area (Å²) in [5.74, 6) is 0.420. The lowest BCUT2D eigenvalue weighted by molar-refractivity contribution is 0.210. The maximum absolute atomic E-state index is 10.2. The lowest BCUT2D eigenvalue weighted by atomic mass is 10.1. The van der Waals surface area contributed by atoms with Gasteiger partial charge < -0.3 is 10.1 Å². The maximum Gasteiger partial charge on any atom is 0.162 e. The number of hydrogen-bond acceptors (Lipinski definition) is 3. The molecule has 0 bridgehead atoms. The van der Waals surface area contributed by atoms with E-state index in [1.54, 1.807) is 12.4 Å². The molecule has 0 radical (unpaired) electrons. The molecule has 1 unspecified atom stereocenters. The van der Waals surface area contributed by atoms with E-state index in [2.05, 4.69) is 15.0 Å². The standard InChI is InChI=1S/C13H11N3O/c17-12(9-4-2-1-3-5-9)13-15-8-11-10(16-13)6-7-14-11/h1-8,12,14,17H. The summed E-state index contributed by atoms with van der Waals surface area (Å²) >= 11 is 0. The third kappa shape index (κ3) is 1.79. The predicted molar refractivity (Wildman–Crippen MR) is 64.4 cm³/mol. The fourth-order valence-electron chi connectivity index (χ4n) is 1.77. The molecule has 2 N–H and O–H groups in total. The van der Waals surface area contributed by atoms with Crippen molar-refractivity contribution in [2.24, 2.45) is 0 Å². The number of rotatable bonds is 2. The highest BCUT2D eigenvalue weighted by Gasteiger charge is 2.13. The molecule has 84 valence electrons. The summed E-state index contributed by atoms with van der Waals surface area (Å²) in [6.45, 7) is 0. The van der Waals surface area contributed by atoms with Gasteiger partial charge in [0.1, 0.15) is 6.10 Å². The van der Waals surface area contributed by atoms with Gasteiger partial charge in [0, 0.05) is 6.20 Å². The van der Waals surface area contributed by atoms with Crippen molar-refractivity contribution in [1.29, 1.82) is 0 Å². The average molecular weight is 225 g/mol. The Labute approximate surface area is 98.0 Å². The van der Waals surface area contributed by atoms with Gasteiger partial charge in [-0.3, -0.25) is 0 Å². The molecule has 1 aromatic carbocycles. The summed E-state index contributed by atoms with van der Waals surface area (Å²) in [5.41, 5.74) is 2.47. The van der Waals surface area contributed by atoms with Gasteiger partial charge in [-0.25, -0.2) is 9.97 Å². The molecule has 1 atom stereocenters. The smallest absolute Gasteiger partial charge is 0.162 e. The van der Waals surface area contributed by atoms with Crippen molar-refractivity contribution in [3.8, 4) is 0 Å². The fourth-order valence-corrected chi connectivity index (χ4v) is 1.77. The zero-order valence-corrected chi connectivity index (χ0v) is 9.04. The summed E-state index contributed by atoms with van der Waals surface area (Å²) in [5, 5.41) is 10.2. The minimum Gasteiger partial charge on any atom is -0.380 e. The van der Waals surface area contributed by atoms with Crippen LogP contribution in [0.5, 0.6) is 0 Å². The Morgan fingerprint density at radius 2 is 1.94 bits per heavy atom. The Bertz CT molecular complexity index is 633. The number of fused-ring (bicyclic) bond motifs is 1. The van der Waals surface area contributed by atoms with Crippen LogP contribution in [0.2, 0.25) is 0 Å². The van der Waals surface area contributed by atoms with Gasteiger partial charge in [-0.05, 0) is 11.6 Å². The molecule has 2 aromatic heterocycles. The first-order valence-electron chi connectivity index (χ1n) is 5.37. The van der Waals surface area contributed by atoms with Crippen LogP contribution in [0.15, 0.2) is 48.8 Å². The molecule has 3 aromatic rings. The van der Waals surface area contributed by atoms with Crippen LogP contribution in [0.4, 0.5) is 0 Å². The molecule has 0 aliphatic carbocycles. The van der Waals surface area contributed by atoms with E-state index >= 15 is 0 Å². The van der Waals surface area contributed by atoms with E-state index in [4.69, 9.17) is 0 Å². The highest BCUT2D eigenvalue weighted by molar-refractivity contribution is 5.73. The van der Waals surface area contributed by atoms with Crippen LogP contribution in [0.25, 0.3) is 11.0 Å². The van der Waals surface area contributed by atoms with Crippen LogP contribution in [0.3, 0.4) is 0 Å². The summed E-state index contributed by atoms with van der Waals surface area (Å²) in [7, 11) is 0. The van der Waals surface area contributed by atoms with E-state index in [-0.39, 0.29) is 0 Å². The van der Waals surface area contributed by atoms with E-state index in [1.165, 1.54) is 0 Å². The third-order valence-electron chi connectivity index (χ3n) is 2.68. The second-order valence-electron chi connectivity index (χ2n) is 3.82. The molecule has 0 saturated carbocycles. The van der Waals surface area contributed by atoms with Gasteiger partial charge in [0.25, 0.3) is 0 Å². The van der Waals surface area contributed by atoms with Crippen LogP contribution in [0.1, 0.15) is 17.5 Å². The first kappa shape index (κ1) is 9.99. The van der Waals surface area contributed by atoms with Crippen LogP contribution in [0, 0.1) is 0 Å². The number of aromatic amines is 1. The van der Waals surface area contributed by atoms with Gasteiger partial charge in [-0.2, -0.15) is 0 Å². The predicted octanol–water partition coefficient (Wildman–Crippen LogP) is 2.04. The maximum atomic E-state index is 10.2. The Balaban J connectivity index is 2.03. The highest BCUT2D eigenvalue weighted by atomic mass is 16.3. The van der Waals surface area contributed by atoms with Crippen molar-refractivity contribution in [2.45, 2.75) is 6.10 Å². The highest BCUT2D eigenvalue weighted by Crippen LogP contribution is 2.19. The number of aliphatic hydroxyl groups excluding tert-OH is 1. The van der Waals surface area contributed by atoms with Crippen LogP contribution in [-0.2, 0) is 0 Å². The SMILES string of the molecule is OC(c1ccccc1)c1ncc2[nH]ccc2n1. The molecular weight excluding hydrogens is 214 g/mol. The Morgan fingerprint density at radius 3 is 2.76 bits per heavy atom. The van der Waals surface area contributed by atoms with Crippen LogP contribution >= 0.6 is 0 Å². The molecular formula is C13H11N3O. The molecule has 3 rings (SSSR count). The fraction of sp³-hybridized carbons (Fsp3) is 0.0769. The minimum absolute atomic E-state index is 0.420. The van der Waals surface area contributed by atoms with E-state index in [0.29, 0.717) is 5.82 Å². The summed E-state index contributed by atoms with van der Waals surface area (Å²) < 4.78 is 0. The van der Waals surface area contributed by atoms with Gasteiger partial charge in [0.2, 0.25) is 0 Å². The van der Waals surface area contributed by atoms with Gasteiger partial charge in [0.15, 0.2) is 5.82 Å². The van der Waals surface area contributed by atoms with Crippen molar-refractivity contribution in [1.82, 2.24) is 15.0 Å². The molecule has 4 heteroatoms. The minimum atomic E-state index is -0.782. The largest absolute Gasteiger partial charge is 0.380 e. The summed E-state index contributed by atoms with van der Waals surface area (Å²) in [6, 6.07) is 11.2. The molecule has 4 nitrogen and oxygen atoms in total. The summed E-state index contributed by atoms with van der Waals surface area (Å²) in [4.78, 5) is 11.5. The quantitative estimate of drug-likeness (QED) is 0.701. The molecule has 0 aliphatic rings. The average Bonchev–Trinajstić information content (AvgIpc) is 2.86. The number of nitrogens with zero attached hydrogens (tertiary/aromatic N) is 2. The number of benzene rings is 1. The Hall–Kier alpha value is -2.20. The van der Waals surface area contributed by atoms with Crippen molar-refractivity contribution < 1.29 is 5.11 Å². The van der Waals surface area contributed by atoms with Gasteiger partial charge >= 0.3 is 0 Å². The molecule has 0 spiro atoms. The molecule has 0 aliphatic heterocycles. The second kappa shape index (κ2) is 3.99. The van der Waals surface area contributed by atoms with E-state index in [0.717, 1.165) is 16.6 Å². The Morgan fingerprint density at radius 1 is 1.12 bits per heavy atom. The van der Waals surface area contributed by atoms with Crippen molar-refractivity contribution in [3.63, 3.8) is 0 Å². The third-order valence-corrected chi connectivity index (χ3v) is 2.68. The zero-order valence-electron chi connectivity index (χ0n) is 9.04. The normalized spacial score (nSPS) is 12.8. The lowest BCUT2D eigenvalue weighted by Crippen LogP contribution is -2.04. The molecule has 2 heterocycles. The molecule has 0 amide bonds. The monoisotopic (exact) mass is 225 g/mol. The van der Waals surface area contributed by atoms with Gasteiger partial charge in [-0.1, -0.05) is 30.3 Å². The number of aliphatic hydroxyl groups is 1. The number of H-pyrrole nitrogens is 1. The molecule has 17 heavy (non-hydrogen) atoms. The topological polar surface area (TPSA) is 61.8 Å². The second-order valence-corrected chi connectivity index (χ2v) is 3.82. The van der Waals surface area contributed by atoms with E-state index < -0.39 is 6.10 Å². The zero-order chi connectivity index (χ0) is 11.7. The van der Waals surface area contributed by atoms with Crippen LogP contribution in [-0.4, -0.2) is 20.1 Å². The number of aromatic nitrogens is 3. The first-order chi connectivity index (χ1) is 8.34. The van der Waals surface area contributed by atoms with Gasteiger partial charge in [-0.15, -0.1) is 0 Å². The van der Waals surface area contributed by atoms with Crippen LogP contribution < -0.4 is 0 Å². The molecule has 0 saturated heterocycles. The summed E-state index contributed by atoms with van der Waals surface area (Å²) in [6.07, 6.45) is 2.71. The van der Waals surface area contributed by atoms with Gasteiger partial charge in [0.05, 0.1) is 17.2 Å². The van der Waals surface area contributed by atoms with E-state index in [9.17, 15) is 5.11 Å². The molecule has 0 fully saturated rings. The van der Waals surface area contributed by atoms with Crippen molar-refractivity contribution in [3.05, 3.63) is 60.2 Å². The van der Waals surface area contributed by atoms with E-state index in [1.807, 2.05) is 36.4 Å².